The van der Waals surface area contributed by atoms with Gasteiger partial charge in [0.2, 0.25) is 0 Å². The van der Waals surface area contributed by atoms with E-state index in [-0.39, 0.29) is 6.10 Å². The van der Waals surface area contributed by atoms with Crippen molar-refractivity contribution in [2.24, 2.45) is 23.2 Å². The van der Waals surface area contributed by atoms with Crippen molar-refractivity contribution in [3.05, 3.63) is 12.2 Å². The molecule has 0 aromatic carbocycles. The number of hydrogen-bond donors (Lipinski definition) is 1. The number of hydrogen-bond acceptors (Lipinski definition) is 1. The highest BCUT2D eigenvalue weighted by Gasteiger charge is 2.51. The molecule has 0 radical (unpaired) electrons. The van der Waals surface area contributed by atoms with E-state index in [0.29, 0.717) is 17.3 Å². The Labute approximate surface area is 118 Å². The maximum atomic E-state index is 10.3. The number of fused-ring (bicyclic) bond motifs is 1. The van der Waals surface area contributed by atoms with Crippen molar-refractivity contribution in [2.45, 2.75) is 65.4 Å². The van der Waals surface area contributed by atoms with Crippen LogP contribution in [0.1, 0.15) is 59.3 Å². The smallest absolute Gasteiger partial charge is 0.0573 e. The van der Waals surface area contributed by atoms with Gasteiger partial charge in [0.25, 0.3) is 0 Å². The molecule has 1 nitrogen and oxygen atoms in total. The third-order valence-electron chi connectivity index (χ3n) is 5.58. The summed E-state index contributed by atoms with van der Waals surface area (Å²) < 4.78 is 0. The van der Waals surface area contributed by atoms with Crippen LogP contribution in [-0.4, -0.2) is 11.2 Å². The average Bonchev–Trinajstić information content (AvgIpc) is 2.67. The fourth-order valence-corrected chi connectivity index (χ4v) is 4.63. The first-order chi connectivity index (χ1) is 8.95. The highest BCUT2D eigenvalue weighted by atomic mass is 16.3. The van der Waals surface area contributed by atoms with E-state index in [4.69, 9.17) is 0 Å². The molecule has 106 valence electrons. The second-order valence-corrected chi connectivity index (χ2v) is 7.02. The van der Waals surface area contributed by atoms with Crippen molar-refractivity contribution in [2.75, 3.05) is 0 Å². The van der Waals surface area contributed by atoms with Crippen LogP contribution in [0.3, 0.4) is 0 Å². The van der Waals surface area contributed by atoms with Crippen molar-refractivity contribution in [3.63, 3.8) is 0 Å². The van der Waals surface area contributed by atoms with E-state index in [2.05, 4.69) is 32.3 Å². The van der Waals surface area contributed by atoms with Gasteiger partial charge < -0.3 is 5.11 Å². The fourth-order valence-electron chi connectivity index (χ4n) is 4.63. The molecule has 2 fully saturated rings. The van der Waals surface area contributed by atoms with Gasteiger partial charge in [0.15, 0.2) is 0 Å². The van der Waals surface area contributed by atoms with Crippen molar-refractivity contribution < 1.29 is 5.11 Å². The van der Waals surface area contributed by atoms with E-state index in [9.17, 15) is 5.11 Å². The average molecular weight is 260 g/mol. The highest BCUT2D eigenvalue weighted by molar-refractivity contribution is 5.23. The van der Waals surface area contributed by atoms with Crippen LogP contribution in [-0.2, 0) is 0 Å². The second kappa shape index (κ2) is 5.71. The van der Waals surface area contributed by atoms with E-state index < -0.39 is 0 Å². The van der Waals surface area contributed by atoms with Gasteiger partial charge in [-0.05, 0) is 61.3 Å². The number of allylic oxidation sites excluding steroid dienone is 1. The van der Waals surface area contributed by atoms with Gasteiger partial charge in [0.1, 0.15) is 0 Å². The minimum Gasteiger partial charge on any atom is -0.393 e. The first-order valence-electron chi connectivity index (χ1n) is 7.77. The molecule has 0 aromatic heterocycles. The summed E-state index contributed by atoms with van der Waals surface area (Å²) in [5.74, 6) is 8.26. The monoisotopic (exact) mass is 260 g/mol. The fraction of sp³-hybridized carbons (Fsp3) is 0.778. The summed E-state index contributed by atoms with van der Waals surface area (Å²) in [6.45, 7) is 10.5. The van der Waals surface area contributed by atoms with Crippen LogP contribution in [0.5, 0.6) is 0 Å². The summed E-state index contributed by atoms with van der Waals surface area (Å²) >= 11 is 0. The van der Waals surface area contributed by atoms with Gasteiger partial charge in [0, 0.05) is 6.42 Å². The lowest BCUT2D eigenvalue weighted by atomic mass is 9.61. The van der Waals surface area contributed by atoms with Gasteiger partial charge >= 0.3 is 0 Å². The summed E-state index contributed by atoms with van der Waals surface area (Å²) in [4.78, 5) is 0. The molecule has 0 unspecified atom stereocenters. The Morgan fingerprint density at radius 3 is 2.84 bits per heavy atom. The summed E-state index contributed by atoms with van der Waals surface area (Å²) in [6, 6.07) is 0. The lowest BCUT2D eigenvalue weighted by Gasteiger charge is -2.45. The van der Waals surface area contributed by atoms with Gasteiger partial charge in [-0.3, -0.25) is 0 Å². The van der Waals surface area contributed by atoms with Crippen molar-refractivity contribution in [1.29, 1.82) is 0 Å². The molecule has 1 heteroatoms. The quantitative estimate of drug-likeness (QED) is 0.739. The Morgan fingerprint density at radius 2 is 2.16 bits per heavy atom. The summed E-state index contributed by atoms with van der Waals surface area (Å²) in [6.07, 6.45) is 6.88. The van der Waals surface area contributed by atoms with Crippen molar-refractivity contribution >= 4 is 0 Å². The van der Waals surface area contributed by atoms with Crippen LogP contribution >= 0.6 is 0 Å². The van der Waals surface area contributed by atoms with E-state index in [1.807, 2.05) is 6.92 Å². The molecule has 0 aliphatic heterocycles. The van der Waals surface area contributed by atoms with Crippen LogP contribution in [0.15, 0.2) is 12.2 Å². The Hall–Kier alpha value is -0.740. The molecule has 0 saturated heterocycles. The van der Waals surface area contributed by atoms with Crippen molar-refractivity contribution in [1.82, 2.24) is 0 Å². The zero-order valence-electron chi connectivity index (χ0n) is 12.7. The van der Waals surface area contributed by atoms with Gasteiger partial charge in [-0.2, -0.15) is 0 Å². The van der Waals surface area contributed by atoms with Crippen LogP contribution in [0.25, 0.3) is 0 Å². The molecule has 0 heterocycles. The minimum atomic E-state index is -0.0579. The predicted octanol–water partition coefficient (Wildman–Crippen LogP) is 4.17. The third-order valence-corrected chi connectivity index (χ3v) is 5.58. The summed E-state index contributed by atoms with van der Waals surface area (Å²) in [7, 11) is 0. The Bertz CT molecular complexity index is 400. The van der Waals surface area contributed by atoms with E-state index in [1.54, 1.807) is 0 Å². The van der Waals surface area contributed by atoms with Crippen LogP contribution < -0.4 is 0 Å². The maximum absolute atomic E-state index is 10.3. The molecule has 2 aliphatic carbocycles. The molecule has 2 rings (SSSR count). The molecule has 0 bridgehead atoms. The first kappa shape index (κ1) is 14.7. The molecule has 1 N–H and O–H groups in total. The van der Waals surface area contributed by atoms with Crippen LogP contribution in [0.2, 0.25) is 0 Å². The Balaban J connectivity index is 2.05. The molecular weight excluding hydrogens is 232 g/mol. The molecular formula is C18H28O. The Kier molecular flexibility index (Phi) is 4.41. The molecule has 5 atom stereocenters. The lowest BCUT2D eigenvalue weighted by molar-refractivity contribution is -0.0264. The Morgan fingerprint density at radius 1 is 1.42 bits per heavy atom. The molecule has 2 aliphatic rings. The lowest BCUT2D eigenvalue weighted by Crippen LogP contribution is -2.41. The van der Waals surface area contributed by atoms with Gasteiger partial charge in [0.05, 0.1) is 6.10 Å². The number of aliphatic hydroxyl groups excluding tert-OH is 1. The summed E-state index contributed by atoms with van der Waals surface area (Å²) in [5, 5.41) is 10.3. The van der Waals surface area contributed by atoms with E-state index >= 15 is 0 Å². The summed E-state index contributed by atoms with van der Waals surface area (Å²) in [5.41, 5.74) is 1.30. The minimum absolute atomic E-state index is 0.0579. The number of rotatable bonds is 2. The SMILES string of the molecule is C=C(C)C#CC[C@@H](C)[C@H]1CC[C@H]2[C@@H](O)CCC[C@]12C. The normalized spacial score (nSPS) is 39.1. The standard InChI is InChI=1S/C18H28O/c1-13(2)7-5-8-14(3)15-10-11-16-17(19)9-6-12-18(15,16)4/h14-17,19H,1,6,8-12H2,2-4H3/t14-,15-,16+,17+,18-/m1/s1. The third kappa shape index (κ3) is 2.90. The zero-order valence-corrected chi connectivity index (χ0v) is 12.7. The van der Waals surface area contributed by atoms with Crippen molar-refractivity contribution in [3.8, 4) is 11.8 Å². The predicted molar refractivity (Wildman–Crippen MR) is 80.5 cm³/mol. The number of aliphatic hydroxyl groups is 1. The molecule has 0 amide bonds. The maximum Gasteiger partial charge on any atom is 0.0573 e. The van der Waals surface area contributed by atoms with Crippen LogP contribution in [0.4, 0.5) is 0 Å². The highest BCUT2D eigenvalue weighted by Crippen LogP contribution is 2.58. The van der Waals surface area contributed by atoms with E-state index in [1.165, 1.54) is 25.7 Å². The second-order valence-electron chi connectivity index (χ2n) is 7.02. The van der Waals surface area contributed by atoms with E-state index in [0.717, 1.165) is 24.3 Å². The van der Waals surface area contributed by atoms with Crippen LogP contribution in [0, 0.1) is 35.0 Å². The largest absolute Gasteiger partial charge is 0.393 e. The molecule has 19 heavy (non-hydrogen) atoms. The molecule has 0 spiro atoms. The first-order valence-corrected chi connectivity index (χ1v) is 7.77. The van der Waals surface area contributed by atoms with Gasteiger partial charge in [-0.1, -0.05) is 38.7 Å². The zero-order chi connectivity index (χ0) is 14.0. The van der Waals surface area contributed by atoms with Gasteiger partial charge in [-0.15, -0.1) is 0 Å². The molecule has 2 saturated carbocycles. The van der Waals surface area contributed by atoms with Gasteiger partial charge in [-0.25, -0.2) is 0 Å². The molecule has 0 aromatic rings. The topological polar surface area (TPSA) is 20.2 Å².